The average molecular weight is 221 g/mol. The number of hydrogen-bond acceptors (Lipinski definition) is 3. The number of carbonyl (C=O) groups excluding carboxylic acids is 1. The summed E-state index contributed by atoms with van der Waals surface area (Å²) in [5.74, 6) is 0.579. The van der Waals surface area contributed by atoms with Gasteiger partial charge in [-0.15, -0.1) is 0 Å². The van der Waals surface area contributed by atoms with Crippen LogP contribution < -0.4 is 5.73 Å². The Labute approximate surface area is 95.8 Å². The Morgan fingerprint density at radius 2 is 2.44 bits per heavy atom. The zero-order valence-electron chi connectivity index (χ0n) is 9.94. The van der Waals surface area contributed by atoms with Crippen LogP contribution in [-0.4, -0.2) is 21.1 Å². The van der Waals surface area contributed by atoms with E-state index in [2.05, 4.69) is 12.0 Å². The largest absolute Gasteiger partial charge is 0.319 e. The number of nitrogens with zero attached hydrogens (tertiary/aromatic N) is 2. The highest BCUT2D eigenvalue weighted by atomic mass is 16.1. The Hall–Kier alpha value is -1.16. The molecule has 0 radical (unpaired) electrons. The molecule has 2 unspecified atom stereocenters. The van der Waals surface area contributed by atoms with Crippen molar-refractivity contribution < 1.29 is 4.79 Å². The number of Topliss-reactive ketones (excluding diaryl/α,β-unsaturated/α-hetero) is 1. The van der Waals surface area contributed by atoms with Gasteiger partial charge in [-0.1, -0.05) is 19.8 Å². The minimum Gasteiger partial charge on any atom is -0.319 e. The highest BCUT2D eigenvalue weighted by Gasteiger charge is 2.39. The summed E-state index contributed by atoms with van der Waals surface area (Å²) < 4.78 is 1.61. The predicted octanol–water partition coefficient (Wildman–Crippen LogP) is 1.51. The number of ketones is 1. The molecule has 1 aliphatic carbocycles. The number of nitrogens with two attached hydrogens (primary N) is 1. The summed E-state index contributed by atoms with van der Waals surface area (Å²) in [5, 5.41) is 4.02. The van der Waals surface area contributed by atoms with E-state index in [0.717, 1.165) is 19.3 Å². The maximum Gasteiger partial charge on any atom is 0.200 e. The van der Waals surface area contributed by atoms with Gasteiger partial charge in [-0.3, -0.25) is 9.48 Å². The van der Waals surface area contributed by atoms with Gasteiger partial charge in [0, 0.05) is 13.2 Å². The van der Waals surface area contributed by atoms with Crippen LogP contribution in [0.4, 0.5) is 0 Å². The molecule has 2 rings (SSSR count). The maximum absolute atomic E-state index is 12.4. The SMILES string of the molecule is CC1CCCC(N)(C(=O)c2ccnn2C)C1. The van der Waals surface area contributed by atoms with Gasteiger partial charge in [0.25, 0.3) is 0 Å². The lowest BCUT2D eigenvalue weighted by Crippen LogP contribution is -2.51. The Morgan fingerprint density at radius 1 is 1.69 bits per heavy atom. The second-order valence-corrected chi connectivity index (χ2v) is 5.03. The molecular formula is C12H19N3O. The number of rotatable bonds is 2. The summed E-state index contributed by atoms with van der Waals surface area (Å²) in [4.78, 5) is 12.4. The van der Waals surface area contributed by atoms with Gasteiger partial charge in [-0.25, -0.2) is 0 Å². The third-order valence-corrected chi connectivity index (χ3v) is 3.54. The van der Waals surface area contributed by atoms with Crippen molar-refractivity contribution in [3.63, 3.8) is 0 Å². The van der Waals surface area contributed by atoms with Crippen LogP contribution in [0, 0.1) is 5.92 Å². The molecule has 1 aliphatic rings. The van der Waals surface area contributed by atoms with E-state index in [1.165, 1.54) is 6.42 Å². The van der Waals surface area contributed by atoms with Crippen molar-refractivity contribution in [2.45, 2.75) is 38.1 Å². The van der Waals surface area contributed by atoms with E-state index in [9.17, 15) is 4.79 Å². The Balaban J connectivity index is 2.24. The molecule has 1 aromatic rings. The summed E-state index contributed by atoms with van der Waals surface area (Å²) in [6.07, 6.45) is 5.44. The molecule has 0 spiro atoms. The van der Waals surface area contributed by atoms with Crippen LogP contribution >= 0.6 is 0 Å². The van der Waals surface area contributed by atoms with Gasteiger partial charge in [-0.2, -0.15) is 5.10 Å². The van der Waals surface area contributed by atoms with Crippen LogP contribution in [0.15, 0.2) is 12.3 Å². The second-order valence-electron chi connectivity index (χ2n) is 5.03. The Bertz CT molecular complexity index is 399. The van der Waals surface area contributed by atoms with Crippen LogP contribution in [-0.2, 0) is 7.05 Å². The summed E-state index contributed by atoms with van der Waals surface area (Å²) in [6, 6.07) is 1.75. The molecule has 0 aromatic carbocycles. The van der Waals surface area contributed by atoms with E-state index < -0.39 is 5.54 Å². The highest BCUT2D eigenvalue weighted by Crippen LogP contribution is 2.32. The summed E-state index contributed by atoms with van der Waals surface area (Å²) in [5.41, 5.74) is 6.21. The molecule has 1 fully saturated rings. The first-order valence-electron chi connectivity index (χ1n) is 5.84. The van der Waals surface area contributed by atoms with Gasteiger partial charge in [-0.05, 0) is 24.8 Å². The van der Waals surface area contributed by atoms with E-state index in [1.54, 1.807) is 24.0 Å². The first-order chi connectivity index (χ1) is 7.53. The summed E-state index contributed by atoms with van der Waals surface area (Å²) in [6.45, 7) is 2.16. The zero-order valence-corrected chi connectivity index (χ0v) is 9.94. The minimum absolute atomic E-state index is 0.0408. The molecule has 1 aromatic heterocycles. The number of aryl methyl sites for hydroxylation is 1. The summed E-state index contributed by atoms with van der Waals surface area (Å²) in [7, 11) is 1.78. The highest BCUT2D eigenvalue weighted by molar-refractivity contribution is 6.01. The van der Waals surface area contributed by atoms with E-state index in [1.807, 2.05) is 0 Å². The molecule has 0 aliphatic heterocycles. The second kappa shape index (κ2) is 4.01. The van der Waals surface area contributed by atoms with Gasteiger partial charge in [0.1, 0.15) is 5.69 Å². The lowest BCUT2D eigenvalue weighted by molar-refractivity contribution is 0.0809. The van der Waals surface area contributed by atoms with Gasteiger partial charge in [0.15, 0.2) is 0 Å². The predicted molar refractivity (Wildman–Crippen MR) is 62.1 cm³/mol. The van der Waals surface area contributed by atoms with Crippen molar-refractivity contribution in [3.05, 3.63) is 18.0 Å². The summed E-state index contributed by atoms with van der Waals surface area (Å²) >= 11 is 0. The van der Waals surface area contributed by atoms with Crippen molar-refractivity contribution >= 4 is 5.78 Å². The van der Waals surface area contributed by atoms with Gasteiger partial charge < -0.3 is 5.73 Å². The fourth-order valence-electron chi connectivity index (χ4n) is 2.65. The molecule has 0 amide bonds. The lowest BCUT2D eigenvalue weighted by Gasteiger charge is -2.35. The normalized spacial score (nSPS) is 30.3. The quantitative estimate of drug-likeness (QED) is 0.770. The average Bonchev–Trinajstić information content (AvgIpc) is 2.63. The van der Waals surface area contributed by atoms with Gasteiger partial charge in [0.05, 0.1) is 5.54 Å². The Morgan fingerprint density at radius 3 is 3.00 bits per heavy atom. The molecule has 0 bridgehead atoms. The van der Waals surface area contributed by atoms with E-state index in [-0.39, 0.29) is 5.78 Å². The molecule has 2 N–H and O–H groups in total. The number of hydrogen-bond donors (Lipinski definition) is 1. The monoisotopic (exact) mass is 221 g/mol. The topological polar surface area (TPSA) is 60.9 Å². The molecule has 4 nitrogen and oxygen atoms in total. The fraction of sp³-hybridized carbons (Fsp3) is 0.667. The molecule has 2 atom stereocenters. The minimum atomic E-state index is -0.675. The van der Waals surface area contributed by atoms with E-state index >= 15 is 0 Å². The number of aromatic nitrogens is 2. The molecule has 1 saturated carbocycles. The van der Waals surface area contributed by atoms with Crippen molar-refractivity contribution in [2.24, 2.45) is 18.7 Å². The molecule has 1 heterocycles. The van der Waals surface area contributed by atoms with Crippen molar-refractivity contribution in [1.29, 1.82) is 0 Å². The smallest absolute Gasteiger partial charge is 0.200 e. The fourth-order valence-corrected chi connectivity index (χ4v) is 2.65. The van der Waals surface area contributed by atoms with Crippen molar-refractivity contribution in [3.8, 4) is 0 Å². The van der Waals surface area contributed by atoms with E-state index in [0.29, 0.717) is 11.6 Å². The van der Waals surface area contributed by atoms with Crippen LogP contribution in [0.25, 0.3) is 0 Å². The first kappa shape index (κ1) is 11.3. The third-order valence-electron chi connectivity index (χ3n) is 3.54. The van der Waals surface area contributed by atoms with Crippen LogP contribution in [0.2, 0.25) is 0 Å². The first-order valence-corrected chi connectivity index (χ1v) is 5.84. The van der Waals surface area contributed by atoms with Crippen LogP contribution in [0.5, 0.6) is 0 Å². The standard InChI is InChI=1S/C12H19N3O/c1-9-4-3-6-12(13,8-9)11(16)10-5-7-14-15(10)2/h5,7,9H,3-4,6,8,13H2,1-2H3. The maximum atomic E-state index is 12.4. The lowest BCUT2D eigenvalue weighted by atomic mass is 9.74. The van der Waals surface area contributed by atoms with Crippen molar-refractivity contribution in [2.75, 3.05) is 0 Å². The van der Waals surface area contributed by atoms with Crippen LogP contribution in [0.1, 0.15) is 43.1 Å². The third kappa shape index (κ3) is 1.89. The molecule has 88 valence electrons. The zero-order chi connectivity index (χ0) is 11.8. The Kier molecular flexibility index (Phi) is 2.84. The van der Waals surface area contributed by atoms with Crippen molar-refractivity contribution in [1.82, 2.24) is 9.78 Å². The van der Waals surface area contributed by atoms with Gasteiger partial charge >= 0.3 is 0 Å². The number of carbonyl (C=O) groups is 1. The van der Waals surface area contributed by atoms with Gasteiger partial charge in [0.2, 0.25) is 5.78 Å². The molecular weight excluding hydrogens is 202 g/mol. The molecule has 4 heteroatoms. The molecule has 16 heavy (non-hydrogen) atoms. The molecule has 0 saturated heterocycles. The van der Waals surface area contributed by atoms with Crippen LogP contribution in [0.3, 0.4) is 0 Å². The van der Waals surface area contributed by atoms with E-state index in [4.69, 9.17) is 5.73 Å².